The van der Waals surface area contributed by atoms with E-state index in [-0.39, 0.29) is 11.9 Å². The van der Waals surface area contributed by atoms with Gasteiger partial charge in [-0.05, 0) is 30.5 Å². The molecule has 0 bridgehead atoms. The average Bonchev–Trinajstić information content (AvgIpc) is 2.71. The normalized spacial score (nSPS) is 19.5. The van der Waals surface area contributed by atoms with Crippen LogP contribution in [0.4, 0.5) is 11.4 Å². The van der Waals surface area contributed by atoms with Crippen LogP contribution < -0.4 is 10.6 Å². The van der Waals surface area contributed by atoms with Gasteiger partial charge in [-0.2, -0.15) is 0 Å². The third-order valence-electron chi connectivity index (χ3n) is 5.54. The maximum absolute atomic E-state index is 12.8. The van der Waals surface area contributed by atoms with Crippen molar-refractivity contribution in [3.63, 3.8) is 0 Å². The second kappa shape index (κ2) is 7.04. The number of fused-ring (bicyclic) bond motifs is 1. The molecule has 1 spiro atoms. The quantitative estimate of drug-likeness (QED) is 0.819. The Labute approximate surface area is 158 Å². The van der Waals surface area contributed by atoms with E-state index in [9.17, 15) is 9.59 Å². The van der Waals surface area contributed by atoms with Gasteiger partial charge in [0.05, 0.1) is 18.5 Å². The number of rotatable bonds is 3. The minimum atomic E-state index is -0.637. The number of carbonyl (C=O) groups is 2. The Bertz CT molecular complexity index is 845. The number of hydrogen-bond donors (Lipinski definition) is 2. The van der Waals surface area contributed by atoms with Crippen molar-refractivity contribution in [2.24, 2.45) is 0 Å². The molecule has 2 heterocycles. The number of hydrogen-bond acceptors (Lipinski definition) is 5. The summed E-state index contributed by atoms with van der Waals surface area (Å²) in [5.74, 6) is -0.279. The molecule has 1 fully saturated rings. The first kappa shape index (κ1) is 17.5. The number of methoxy groups -OCH3 is 1. The van der Waals surface area contributed by atoms with Crippen molar-refractivity contribution in [3.05, 3.63) is 60.2 Å². The molecular formula is C21H23N3O3. The lowest BCUT2D eigenvalue weighted by Crippen LogP contribution is -2.59. The third-order valence-corrected chi connectivity index (χ3v) is 5.54. The van der Waals surface area contributed by atoms with Crippen molar-refractivity contribution >= 4 is 23.3 Å². The summed E-state index contributed by atoms with van der Waals surface area (Å²) in [7, 11) is 1.41. The van der Waals surface area contributed by atoms with E-state index in [4.69, 9.17) is 4.74 Å². The highest BCUT2D eigenvalue weighted by Gasteiger charge is 2.46. The first-order valence-electron chi connectivity index (χ1n) is 9.18. The SMILES string of the molecule is COC(=O)[C@@H](c1ccccc1)N1CCC2(CC1)Nc1ccccc1NC2=O. The van der Waals surface area contributed by atoms with Crippen molar-refractivity contribution in [2.75, 3.05) is 30.8 Å². The van der Waals surface area contributed by atoms with E-state index in [1.54, 1.807) is 0 Å². The van der Waals surface area contributed by atoms with Crippen LogP contribution in [-0.2, 0) is 14.3 Å². The van der Waals surface area contributed by atoms with Gasteiger partial charge in [0, 0.05) is 13.1 Å². The van der Waals surface area contributed by atoms with Crippen LogP contribution >= 0.6 is 0 Å². The van der Waals surface area contributed by atoms with Gasteiger partial charge in [-0.15, -0.1) is 0 Å². The molecule has 0 aliphatic carbocycles. The third kappa shape index (κ3) is 3.17. The van der Waals surface area contributed by atoms with E-state index >= 15 is 0 Å². The molecule has 2 aromatic carbocycles. The summed E-state index contributed by atoms with van der Waals surface area (Å²) in [4.78, 5) is 27.3. The molecule has 2 aliphatic rings. The van der Waals surface area contributed by atoms with Crippen LogP contribution in [0.2, 0.25) is 0 Å². The fraction of sp³-hybridized carbons (Fsp3) is 0.333. The van der Waals surface area contributed by atoms with E-state index in [0.29, 0.717) is 25.9 Å². The first-order valence-corrected chi connectivity index (χ1v) is 9.18. The number of nitrogens with one attached hydrogen (secondary N) is 2. The molecule has 0 radical (unpaired) electrons. The molecule has 2 aliphatic heterocycles. The molecule has 0 unspecified atom stereocenters. The Kier molecular flexibility index (Phi) is 4.58. The number of nitrogens with zero attached hydrogens (tertiary/aromatic N) is 1. The van der Waals surface area contributed by atoms with Crippen LogP contribution in [0, 0.1) is 0 Å². The predicted molar refractivity (Wildman–Crippen MR) is 103 cm³/mol. The molecule has 140 valence electrons. The monoisotopic (exact) mass is 365 g/mol. The van der Waals surface area contributed by atoms with Gasteiger partial charge in [0.2, 0.25) is 5.91 Å². The molecule has 1 saturated heterocycles. The van der Waals surface area contributed by atoms with Crippen LogP contribution in [0.1, 0.15) is 24.4 Å². The van der Waals surface area contributed by atoms with Crippen LogP contribution in [0.15, 0.2) is 54.6 Å². The maximum atomic E-state index is 12.8. The lowest BCUT2D eigenvalue weighted by molar-refractivity contribution is -0.148. The Morgan fingerprint density at radius 2 is 1.67 bits per heavy atom. The topological polar surface area (TPSA) is 70.7 Å². The van der Waals surface area contributed by atoms with Crippen LogP contribution in [0.25, 0.3) is 0 Å². The number of amides is 1. The number of benzene rings is 2. The number of anilines is 2. The molecule has 6 heteroatoms. The standard InChI is InChI=1S/C21H23N3O3/c1-27-19(25)18(15-7-3-2-4-8-15)24-13-11-21(12-14-24)20(26)22-16-9-5-6-10-17(16)23-21/h2-10,18,23H,11-14H2,1H3,(H,22,26)/t18-/m1/s1. The summed E-state index contributed by atoms with van der Waals surface area (Å²) in [6, 6.07) is 16.9. The zero-order valence-electron chi connectivity index (χ0n) is 15.3. The maximum Gasteiger partial charge on any atom is 0.327 e. The number of esters is 1. The van der Waals surface area contributed by atoms with Gasteiger partial charge in [0.25, 0.3) is 0 Å². The van der Waals surface area contributed by atoms with E-state index < -0.39 is 11.6 Å². The smallest absolute Gasteiger partial charge is 0.327 e. The molecule has 6 nitrogen and oxygen atoms in total. The highest BCUT2D eigenvalue weighted by atomic mass is 16.5. The van der Waals surface area contributed by atoms with E-state index in [1.165, 1.54) is 7.11 Å². The van der Waals surface area contributed by atoms with Crippen LogP contribution in [-0.4, -0.2) is 42.5 Å². The number of likely N-dealkylation sites (tertiary alicyclic amines) is 1. The largest absolute Gasteiger partial charge is 0.468 e. The summed E-state index contributed by atoms with van der Waals surface area (Å²) in [6.45, 7) is 1.24. The molecule has 4 rings (SSSR count). The lowest BCUT2D eigenvalue weighted by Gasteiger charge is -2.45. The van der Waals surface area contributed by atoms with Gasteiger partial charge < -0.3 is 15.4 Å². The molecule has 0 aromatic heterocycles. The van der Waals surface area contributed by atoms with E-state index in [1.807, 2.05) is 54.6 Å². The van der Waals surface area contributed by atoms with Crippen LogP contribution in [0.3, 0.4) is 0 Å². The molecule has 2 aromatic rings. The number of carbonyl (C=O) groups excluding carboxylic acids is 2. The van der Waals surface area contributed by atoms with Crippen molar-refractivity contribution in [1.82, 2.24) is 4.90 Å². The first-order chi connectivity index (χ1) is 13.1. The van der Waals surface area contributed by atoms with Gasteiger partial charge in [-0.1, -0.05) is 42.5 Å². The second-order valence-electron chi connectivity index (χ2n) is 7.08. The minimum Gasteiger partial charge on any atom is -0.468 e. The molecule has 0 saturated carbocycles. The van der Waals surface area contributed by atoms with Gasteiger partial charge >= 0.3 is 5.97 Å². The number of ether oxygens (including phenoxy) is 1. The Hall–Kier alpha value is -2.86. The van der Waals surface area contributed by atoms with Crippen molar-refractivity contribution in [3.8, 4) is 0 Å². The van der Waals surface area contributed by atoms with Crippen molar-refractivity contribution < 1.29 is 14.3 Å². The Balaban J connectivity index is 1.54. The molecule has 2 N–H and O–H groups in total. The highest BCUT2D eigenvalue weighted by Crippen LogP contribution is 2.38. The van der Waals surface area contributed by atoms with Crippen molar-refractivity contribution in [1.29, 1.82) is 0 Å². The summed E-state index contributed by atoms with van der Waals surface area (Å²) >= 11 is 0. The summed E-state index contributed by atoms with van der Waals surface area (Å²) in [5.41, 5.74) is 2.03. The van der Waals surface area contributed by atoms with E-state index in [0.717, 1.165) is 16.9 Å². The zero-order chi connectivity index (χ0) is 18.9. The molecule has 1 atom stereocenters. The molecule has 1 amide bonds. The summed E-state index contributed by atoms with van der Waals surface area (Å²) in [5, 5.41) is 6.47. The highest BCUT2D eigenvalue weighted by molar-refractivity contribution is 6.06. The fourth-order valence-corrected chi connectivity index (χ4v) is 4.02. The Morgan fingerprint density at radius 1 is 1.04 bits per heavy atom. The summed E-state index contributed by atoms with van der Waals surface area (Å²) in [6.07, 6.45) is 1.24. The van der Waals surface area contributed by atoms with Crippen molar-refractivity contribution in [2.45, 2.75) is 24.4 Å². The zero-order valence-corrected chi connectivity index (χ0v) is 15.3. The predicted octanol–water partition coefficient (Wildman–Crippen LogP) is 2.80. The van der Waals surface area contributed by atoms with Gasteiger partial charge in [0.15, 0.2) is 0 Å². The Morgan fingerprint density at radius 3 is 2.33 bits per heavy atom. The minimum absolute atomic E-state index is 0.00446. The van der Waals surface area contributed by atoms with Gasteiger partial charge in [-0.3, -0.25) is 9.69 Å². The number of para-hydroxylation sites is 2. The van der Waals surface area contributed by atoms with Gasteiger partial charge in [0.1, 0.15) is 11.6 Å². The molecule has 27 heavy (non-hydrogen) atoms. The molecular weight excluding hydrogens is 342 g/mol. The van der Waals surface area contributed by atoms with Gasteiger partial charge in [-0.25, -0.2) is 4.79 Å². The lowest BCUT2D eigenvalue weighted by atomic mass is 9.83. The second-order valence-corrected chi connectivity index (χ2v) is 7.08. The summed E-state index contributed by atoms with van der Waals surface area (Å²) < 4.78 is 5.05. The van der Waals surface area contributed by atoms with Crippen LogP contribution in [0.5, 0.6) is 0 Å². The average molecular weight is 365 g/mol. The van der Waals surface area contributed by atoms with E-state index in [2.05, 4.69) is 15.5 Å². The number of piperidine rings is 1. The fourth-order valence-electron chi connectivity index (χ4n) is 4.02.